The molecule has 22 heavy (non-hydrogen) atoms. The van der Waals surface area contributed by atoms with E-state index in [0.29, 0.717) is 5.92 Å². The van der Waals surface area contributed by atoms with E-state index in [4.69, 9.17) is 10.5 Å². The van der Waals surface area contributed by atoms with Crippen LogP contribution in [0.2, 0.25) is 0 Å². The van der Waals surface area contributed by atoms with Gasteiger partial charge in [0.25, 0.3) is 0 Å². The number of rotatable bonds is 5. The molecule has 2 N–H and O–H groups in total. The van der Waals surface area contributed by atoms with Gasteiger partial charge in [-0.05, 0) is 24.3 Å². The van der Waals surface area contributed by atoms with Crippen LogP contribution >= 0.6 is 12.4 Å². The smallest absolute Gasteiger partial charge is 0.244 e. The molecule has 1 aliphatic heterocycles. The van der Waals surface area contributed by atoms with Gasteiger partial charge in [0.2, 0.25) is 5.91 Å². The lowest BCUT2D eigenvalue weighted by Crippen LogP contribution is -2.45. The summed E-state index contributed by atoms with van der Waals surface area (Å²) in [6, 6.07) is 9.00. The highest BCUT2D eigenvalue weighted by molar-refractivity contribution is 5.85. The first-order valence-corrected chi connectivity index (χ1v) is 7.79. The van der Waals surface area contributed by atoms with E-state index >= 15 is 0 Å². The Kier molecular flexibility index (Phi) is 7.87. The van der Waals surface area contributed by atoms with Crippen molar-refractivity contribution < 1.29 is 9.53 Å². The van der Waals surface area contributed by atoms with Crippen LogP contribution in [-0.4, -0.2) is 36.6 Å². The van der Waals surface area contributed by atoms with Gasteiger partial charge in [-0.1, -0.05) is 44.2 Å². The average Bonchev–Trinajstić information content (AvgIpc) is 2.53. The second-order valence-electron chi connectivity index (χ2n) is 6.14. The molecule has 1 saturated heterocycles. The molecular formula is C17H27ClN2O2. The minimum Gasteiger partial charge on any atom is -0.378 e. The molecule has 1 atom stereocenters. The Hall–Kier alpha value is -1.10. The minimum atomic E-state index is -0.556. The van der Waals surface area contributed by atoms with E-state index in [1.54, 1.807) is 0 Å². The second kappa shape index (κ2) is 9.13. The zero-order valence-corrected chi connectivity index (χ0v) is 14.2. The lowest BCUT2D eigenvalue weighted by Gasteiger charge is -2.33. The summed E-state index contributed by atoms with van der Waals surface area (Å²) in [7, 11) is 0. The van der Waals surface area contributed by atoms with E-state index < -0.39 is 6.04 Å². The molecule has 1 aliphatic rings. The maximum atomic E-state index is 12.4. The number of hydrogen-bond acceptors (Lipinski definition) is 3. The van der Waals surface area contributed by atoms with Gasteiger partial charge in [-0.15, -0.1) is 12.4 Å². The van der Waals surface area contributed by atoms with Crippen molar-refractivity contribution in [3.8, 4) is 0 Å². The molecule has 124 valence electrons. The molecule has 1 heterocycles. The Labute approximate surface area is 139 Å². The van der Waals surface area contributed by atoms with Gasteiger partial charge in [-0.2, -0.15) is 0 Å². The van der Waals surface area contributed by atoms with Crippen molar-refractivity contribution in [2.75, 3.05) is 19.7 Å². The van der Waals surface area contributed by atoms with Crippen LogP contribution in [0, 0.1) is 5.92 Å². The number of carbonyl (C=O) groups is 1. The highest BCUT2D eigenvalue weighted by Gasteiger charge is 2.27. The molecule has 0 aromatic heterocycles. The minimum absolute atomic E-state index is 0. The summed E-state index contributed by atoms with van der Waals surface area (Å²) in [5.41, 5.74) is 6.96. The Morgan fingerprint density at radius 1 is 1.27 bits per heavy atom. The molecule has 1 aromatic carbocycles. The van der Waals surface area contributed by atoms with E-state index in [0.717, 1.165) is 38.1 Å². The number of benzene rings is 1. The summed E-state index contributed by atoms with van der Waals surface area (Å²) in [6.45, 7) is 6.57. The van der Waals surface area contributed by atoms with Crippen LogP contribution in [0.5, 0.6) is 0 Å². The van der Waals surface area contributed by atoms with Crippen molar-refractivity contribution in [1.29, 1.82) is 0 Å². The lowest BCUT2D eigenvalue weighted by molar-refractivity contribution is -0.135. The summed E-state index contributed by atoms with van der Waals surface area (Å²) >= 11 is 0. The third-order valence-electron chi connectivity index (χ3n) is 3.84. The van der Waals surface area contributed by atoms with Crippen LogP contribution in [0.1, 0.15) is 38.3 Å². The summed E-state index contributed by atoms with van der Waals surface area (Å²) in [5.74, 6) is 0.569. The van der Waals surface area contributed by atoms with Crippen molar-refractivity contribution in [1.82, 2.24) is 4.90 Å². The number of halogens is 1. The fraction of sp³-hybridized carbons (Fsp3) is 0.588. The van der Waals surface area contributed by atoms with E-state index in [2.05, 4.69) is 13.8 Å². The van der Waals surface area contributed by atoms with Crippen LogP contribution in [0.15, 0.2) is 30.3 Å². The third kappa shape index (κ3) is 5.27. The SMILES string of the molecule is CC(C)COC1CCN(C(=O)C(N)c2ccccc2)CC1.Cl. The predicted molar refractivity (Wildman–Crippen MR) is 91.0 cm³/mol. The summed E-state index contributed by atoms with van der Waals surface area (Å²) in [6.07, 6.45) is 2.09. The first-order valence-electron chi connectivity index (χ1n) is 7.79. The van der Waals surface area contributed by atoms with E-state index in [9.17, 15) is 4.79 Å². The molecule has 0 spiro atoms. The fourth-order valence-electron chi connectivity index (χ4n) is 2.57. The largest absolute Gasteiger partial charge is 0.378 e. The molecule has 1 fully saturated rings. The van der Waals surface area contributed by atoms with Gasteiger partial charge in [0.05, 0.1) is 6.10 Å². The van der Waals surface area contributed by atoms with Crippen molar-refractivity contribution >= 4 is 18.3 Å². The van der Waals surface area contributed by atoms with E-state index in [1.807, 2.05) is 35.2 Å². The molecule has 5 heteroatoms. The highest BCUT2D eigenvalue weighted by Crippen LogP contribution is 2.19. The number of likely N-dealkylation sites (tertiary alicyclic amines) is 1. The zero-order valence-electron chi connectivity index (χ0n) is 13.4. The topological polar surface area (TPSA) is 55.6 Å². The molecular weight excluding hydrogens is 300 g/mol. The molecule has 4 nitrogen and oxygen atoms in total. The molecule has 0 saturated carbocycles. The van der Waals surface area contributed by atoms with E-state index in [-0.39, 0.29) is 24.4 Å². The van der Waals surface area contributed by atoms with Gasteiger partial charge >= 0.3 is 0 Å². The summed E-state index contributed by atoms with van der Waals surface area (Å²) in [4.78, 5) is 14.3. The van der Waals surface area contributed by atoms with E-state index in [1.165, 1.54) is 0 Å². The van der Waals surface area contributed by atoms with Gasteiger partial charge in [-0.3, -0.25) is 4.79 Å². The number of ether oxygens (including phenoxy) is 1. The van der Waals surface area contributed by atoms with Gasteiger partial charge in [0, 0.05) is 19.7 Å². The van der Waals surface area contributed by atoms with Gasteiger partial charge in [0.1, 0.15) is 6.04 Å². The predicted octanol–water partition coefficient (Wildman–Crippen LogP) is 2.77. The van der Waals surface area contributed by atoms with Gasteiger partial charge < -0.3 is 15.4 Å². The number of piperidine rings is 1. The molecule has 2 rings (SSSR count). The molecule has 1 aromatic rings. The Morgan fingerprint density at radius 3 is 2.41 bits per heavy atom. The quantitative estimate of drug-likeness (QED) is 0.905. The summed E-state index contributed by atoms with van der Waals surface area (Å²) in [5, 5.41) is 0. The van der Waals surface area contributed by atoms with Crippen molar-refractivity contribution in [3.05, 3.63) is 35.9 Å². The first-order chi connectivity index (χ1) is 10.1. The van der Waals surface area contributed by atoms with Crippen LogP contribution in [0.25, 0.3) is 0 Å². The average molecular weight is 327 g/mol. The number of amides is 1. The van der Waals surface area contributed by atoms with Crippen molar-refractivity contribution in [3.63, 3.8) is 0 Å². The molecule has 0 aliphatic carbocycles. The third-order valence-corrected chi connectivity index (χ3v) is 3.84. The number of carbonyl (C=O) groups excluding carboxylic acids is 1. The van der Waals surface area contributed by atoms with Crippen LogP contribution in [-0.2, 0) is 9.53 Å². The number of nitrogens with zero attached hydrogens (tertiary/aromatic N) is 1. The maximum Gasteiger partial charge on any atom is 0.244 e. The monoisotopic (exact) mass is 326 g/mol. The molecule has 1 unspecified atom stereocenters. The fourth-order valence-corrected chi connectivity index (χ4v) is 2.57. The van der Waals surface area contributed by atoms with Crippen LogP contribution < -0.4 is 5.73 Å². The van der Waals surface area contributed by atoms with Gasteiger partial charge in [-0.25, -0.2) is 0 Å². The van der Waals surface area contributed by atoms with Crippen molar-refractivity contribution in [2.45, 2.75) is 38.8 Å². The standard InChI is InChI=1S/C17H26N2O2.ClH/c1-13(2)12-21-15-8-10-19(11-9-15)17(20)16(18)14-6-4-3-5-7-14;/h3-7,13,15-16H,8-12,18H2,1-2H3;1H. The normalized spacial score (nSPS) is 17.2. The van der Waals surface area contributed by atoms with Crippen molar-refractivity contribution in [2.24, 2.45) is 11.7 Å². The molecule has 0 bridgehead atoms. The van der Waals surface area contributed by atoms with Gasteiger partial charge in [0.15, 0.2) is 0 Å². The maximum absolute atomic E-state index is 12.4. The second-order valence-corrected chi connectivity index (χ2v) is 6.14. The first kappa shape index (κ1) is 18.9. The number of nitrogens with two attached hydrogens (primary N) is 1. The lowest BCUT2D eigenvalue weighted by atomic mass is 10.0. The highest BCUT2D eigenvalue weighted by atomic mass is 35.5. The number of hydrogen-bond donors (Lipinski definition) is 1. The Morgan fingerprint density at radius 2 is 1.86 bits per heavy atom. The Bertz CT molecular complexity index is 445. The van der Waals surface area contributed by atoms with Crippen LogP contribution in [0.4, 0.5) is 0 Å². The zero-order chi connectivity index (χ0) is 15.2. The molecule has 1 amide bonds. The Balaban J connectivity index is 0.00000242. The summed E-state index contributed by atoms with van der Waals surface area (Å²) < 4.78 is 5.85. The molecule has 0 radical (unpaired) electrons. The van der Waals surface area contributed by atoms with Crippen LogP contribution in [0.3, 0.4) is 0 Å².